The molecule has 0 aliphatic carbocycles. The van der Waals surface area contributed by atoms with Gasteiger partial charge in [-0.3, -0.25) is 0 Å². The third-order valence-electron chi connectivity index (χ3n) is 3.00. The van der Waals surface area contributed by atoms with Gasteiger partial charge in [-0.05, 0) is 12.8 Å². The summed E-state index contributed by atoms with van der Waals surface area (Å²) in [4.78, 5) is 8.22. The highest BCUT2D eigenvalue weighted by Crippen LogP contribution is 2.10. The number of aryl methyl sites for hydroxylation is 2. The first-order valence-electron chi connectivity index (χ1n) is 6.72. The molecule has 2 aromatic rings. The molecule has 2 rings (SSSR count). The number of aromatic nitrogens is 2. The van der Waals surface area contributed by atoms with Crippen LogP contribution in [0.4, 0.5) is 0 Å². The third kappa shape index (κ3) is 4.73. The molecule has 0 N–H and O–H groups in total. The standard InChI is InChI=1S/C14H20N2O2/c1(3-5-7-13-15-9-11-17-13)2-4-6-8-14-16-10-12-18-14/h9-12H,1-8H2. The molecule has 0 aliphatic heterocycles. The molecule has 0 fully saturated rings. The molecule has 0 saturated carbocycles. The molecule has 0 aliphatic rings. The van der Waals surface area contributed by atoms with E-state index in [0.29, 0.717) is 0 Å². The first-order chi connectivity index (χ1) is 8.95. The quantitative estimate of drug-likeness (QED) is 0.633. The maximum Gasteiger partial charge on any atom is 0.193 e. The number of hydrogen-bond donors (Lipinski definition) is 0. The second-order valence-electron chi connectivity index (χ2n) is 4.47. The minimum atomic E-state index is 0.860. The van der Waals surface area contributed by atoms with Gasteiger partial charge in [-0.2, -0.15) is 0 Å². The van der Waals surface area contributed by atoms with Crippen molar-refractivity contribution in [1.29, 1.82) is 0 Å². The first-order valence-corrected chi connectivity index (χ1v) is 6.72. The van der Waals surface area contributed by atoms with Crippen LogP contribution in [0.5, 0.6) is 0 Å². The van der Waals surface area contributed by atoms with E-state index in [1.807, 2.05) is 0 Å². The summed E-state index contributed by atoms with van der Waals surface area (Å²) < 4.78 is 10.4. The van der Waals surface area contributed by atoms with Gasteiger partial charge in [0.25, 0.3) is 0 Å². The van der Waals surface area contributed by atoms with Gasteiger partial charge in [-0.15, -0.1) is 0 Å². The van der Waals surface area contributed by atoms with Gasteiger partial charge in [0, 0.05) is 12.8 Å². The minimum Gasteiger partial charge on any atom is -0.449 e. The zero-order valence-electron chi connectivity index (χ0n) is 10.7. The van der Waals surface area contributed by atoms with Crippen LogP contribution in [0.15, 0.2) is 33.8 Å². The Morgan fingerprint density at radius 2 is 1.11 bits per heavy atom. The lowest BCUT2D eigenvalue weighted by atomic mass is 10.1. The van der Waals surface area contributed by atoms with Crippen molar-refractivity contribution in [3.63, 3.8) is 0 Å². The van der Waals surface area contributed by atoms with Gasteiger partial charge < -0.3 is 8.83 Å². The summed E-state index contributed by atoms with van der Waals surface area (Å²) >= 11 is 0. The molecule has 0 atom stereocenters. The molecule has 18 heavy (non-hydrogen) atoms. The van der Waals surface area contributed by atoms with Crippen LogP contribution in [0.3, 0.4) is 0 Å². The van der Waals surface area contributed by atoms with E-state index in [9.17, 15) is 0 Å². The van der Waals surface area contributed by atoms with Crippen molar-refractivity contribution in [2.45, 2.75) is 51.4 Å². The van der Waals surface area contributed by atoms with Crippen LogP contribution in [-0.2, 0) is 12.8 Å². The largest absolute Gasteiger partial charge is 0.449 e. The summed E-state index contributed by atoms with van der Waals surface area (Å²) in [5.41, 5.74) is 0. The Balaban J connectivity index is 1.40. The highest BCUT2D eigenvalue weighted by atomic mass is 16.3. The molecule has 0 spiro atoms. The molecule has 0 unspecified atom stereocenters. The van der Waals surface area contributed by atoms with Crippen LogP contribution >= 0.6 is 0 Å². The van der Waals surface area contributed by atoms with Gasteiger partial charge >= 0.3 is 0 Å². The van der Waals surface area contributed by atoms with E-state index in [4.69, 9.17) is 8.83 Å². The molecular weight excluding hydrogens is 228 g/mol. The van der Waals surface area contributed by atoms with Crippen molar-refractivity contribution >= 4 is 0 Å². The van der Waals surface area contributed by atoms with Gasteiger partial charge in [-0.25, -0.2) is 9.97 Å². The van der Waals surface area contributed by atoms with E-state index in [2.05, 4.69) is 9.97 Å². The SMILES string of the molecule is c1coc(CCCCCCCCc2ncco2)n1. The Hall–Kier alpha value is -1.58. The van der Waals surface area contributed by atoms with E-state index in [1.165, 1.54) is 38.5 Å². The Labute approximate surface area is 107 Å². The maximum absolute atomic E-state index is 5.19. The fourth-order valence-electron chi connectivity index (χ4n) is 2.01. The van der Waals surface area contributed by atoms with Crippen molar-refractivity contribution in [2.75, 3.05) is 0 Å². The van der Waals surface area contributed by atoms with Crippen molar-refractivity contribution in [2.24, 2.45) is 0 Å². The molecule has 0 aromatic carbocycles. The maximum atomic E-state index is 5.19. The summed E-state index contributed by atoms with van der Waals surface area (Å²) in [5.74, 6) is 1.72. The smallest absolute Gasteiger partial charge is 0.193 e. The van der Waals surface area contributed by atoms with Gasteiger partial charge in [0.15, 0.2) is 11.8 Å². The van der Waals surface area contributed by atoms with Gasteiger partial charge in [0.1, 0.15) is 12.5 Å². The number of hydrogen-bond acceptors (Lipinski definition) is 4. The molecule has 0 saturated heterocycles. The third-order valence-corrected chi connectivity index (χ3v) is 3.00. The summed E-state index contributed by atoms with van der Waals surface area (Å²) in [5, 5.41) is 0. The van der Waals surface area contributed by atoms with E-state index < -0.39 is 0 Å². The molecule has 4 nitrogen and oxygen atoms in total. The predicted octanol–water partition coefficient (Wildman–Crippen LogP) is 3.79. The number of oxazole rings is 2. The fraction of sp³-hybridized carbons (Fsp3) is 0.571. The van der Waals surface area contributed by atoms with Crippen molar-refractivity contribution in [3.05, 3.63) is 36.7 Å². The number of nitrogens with zero attached hydrogens (tertiary/aromatic N) is 2. The Morgan fingerprint density at radius 1 is 0.667 bits per heavy atom. The molecule has 0 radical (unpaired) electrons. The number of unbranched alkanes of at least 4 members (excludes halogenated alkanes) is 5. The topological polar surface area (TPSA) is 52.1 Å². The van der Waals surface area contributed by atoms with Gasteiger partial charge in [-0.1, -0.05) is 25.7 Å². The predicted molar refractivity (Wildman–Crippen MR) is 68.1 cm³/mol. The van der Waals surface area contributed by atoms with Crippen LogP contribution in [0, 0.1) is 0 Å². The Bertz CT molecular complexity index is 355. The van der Waals surface area contributed by atoms with Crippen molar-refractivity contribution in [3.8, 4) is 0 Å². The lowest BCUT2D eigenvalue weighted by molar-refractivity contribution is 0.468. The van der Waals surface area contributed by atoms with Crippen LogP contribution in [-0.4, -0.2) is 9.97 Å². The summed E-state index contributed by atoms with van der Waals surface area (Å²) in [6.07, 6.45) is 16.0. The number of rotatable bonds is 9. The van der Waals surface area contributed by atoms with E-state index in [1.54, 1.807) is 24.9 Å². The Kier molecular flexibility index (Phi) is 5.50. The highest BCUT2D eigenvalue weighted by Gasteiger charge is 1.99. The van der Waals surface area contributed by atoms with Crippen LogP contribution in [0.1, 0.15) is 50.3 Å². The molecule has 2 heterocycles. The fourth-order valence-corrected chi connectivity index (χ4v) is 2.01. The molecule has 4 heteroatoms. The normalized spacial score (nSPS) is 10.9. The zero-order valence-corrected chi connectivity index (χ0v) is 10.7. The Morgan fingerprint density at radius 3 is 1.50 bits per heavy atom. The summed E-state index contributed by atoms with van der Waals surface area (Å²) in [6.45, 7) is 0. The molecular formula is C14H20N2O2. The van der Waals surface area contributed by atoms with Gasteiger partial charge in [0.05, 0.1) is 12.4 Å². The average Bonchev–Trinajstić information content (AvgIpc) is 3.05. The molecule has 2 aromatic heterocycles. The zero-order chi connectivity index (χ0) is 12.5. The summed E-state index contributed by atoms with van der Waals surface area (Å²) in [7, 11) is 0. The van der Waals surface area contributed by atoms with Crippen LogP contribution in [0.2, 0.25) is 0 Å². The second kappa shape index (κ2) is 7.69. The lowest BCUT2D eigenvalue weighted by Crippen LogP contribution is -1.88. The minimum absolute atomic E-state index is 0.860. The van der Waals surface area contributed by atoms with Crippen LogP contribution < -0.4 is 0 Å². The molecule has 98 valence electrons. The first kappa shape index (κ1) is 12.9. The second-order valence-corrected chi connectivity index (χ2v) is 4.47. The monoisotopic (exact) mass is 248 g/mol. The average molecular weight is 248 g/mol. The highest BCUT2D eigenvalue weighted by molar-refractivity contribution is 4.80. The van der Waals surface area contributed by atoms with E-state index in [0.717, 1.165) is 24.6 Å². The van der Waals surface area contributed by atoms with E-state index >= 15 is 0 Å². The molecule has 0 amide bonds. The van der Waals surface area contributed by atoms with E-state index in [-0.39, 0.29) is 0 Å². The summed E-state index contributed by atoms with van der Waals surface area (Å²) in [6, 6.07) is 0. The van der Waals surface area contributed by atoms with Crippen molar-refractivity contribution in [1.82, 2.24) is 9.97 Å². The van der Waals surface area contributed by atoms with Crippen molar-refractivity contribution < 1.29 is 8.83 Å². The molecule has 0 bridgehead atoms. The lowest BCUT2D eigenvalue weighted by Gasteiger charge is -2.00. The van der Waals surface area contributed by atoms with Gasteiger partial charge in [0.2, 0.25) is 0 Å². The van der Waals surface area contributed by atoms with Crippen LogP contribution in [0.25, 0.3) is 0 Å².